The van der Waals surface area contributed by atoms with Crippen molar-refractivity contribution in [2.45, 2.75) is 38.5 Å². The number of aromatic nitrogens is 1. The molecule has 1 amide bonds. The molecule has 0 unspecified atom stereocenters. The highest BCUT2D eigenvalue weighted by atomic mass is 19.1. The van der Waals surface area contributed by atoms with Crippen LogP contribution >= 0.6 is 0 Å². The van der Waals surface area contributed by atoms with Gasteiger partial charge in [0.15, 0.2) is 0 Å². The fourth-order valence-corrected chi connectivity index (χ4v) is 4.46. The number of aliphatic hydroxyl groups excluding tert-OH is 1. The highest BCUT2D eigenvalue weighted by Gasteiger charge is 2.44. The molecule has 0 radical (unpaired) electrons. The molecular formula is C22H25FN2O4. The SMILES string of the molecule is CCn1ccc(C(=O)N2C[C@H]3C[C@@H](Oc4ccc(F)cc4)[C@H](O)C[C@H]3C2)cc1=O. The fraction of sp³-hybridized carbons (Fsp3) is 0.455. The normalized spacial score (nSPS) is 26.2. The summed E-state index contributed by atoms with van der Waals surface area (Å²) < 4.78 is 20.5. The number of hydrogen-bond acceptors (Lipinski definition) is 4. The van der Waals surface area contributed by atoms with E-state index in [-0.39, 0.29) is 35.2 Å². The van der Waals surface area contributed by atoms with Crippen LogP contribution in [0.3, 0.4) is 0 Å². The molecule has 1 aromatic carbocycles. The van der Waals surface area contributed by atoms with Crippen molar-refractivity contribution in [1.82, 2.24) is 9.47 Å². The molecule has 2 fully saturated rings. The molecule has 1 N–H and O–H groups in total. The molecule has 4 rings (SSSR count). The molecule has 0 bridgehead atoms. The molecule has 6 nitrogen and oxygen atoms in total. The van der Waals surface area contributed by atoms with Crippen LogP contribution in [-0.2, 0) is 6.54 Å². The van der Waals surface area contributed by atoms with Gasteiger partial charge in [-0.15, -0.1) is 0 Å². The van der Waals surface area contributed by atoms with Crippen molar-refractivity contribution in [2.24, 2.45) is 11.8 Å². The van der Waals surface area contributed by atoms with Crippen LogP contribution in [0.15, 0.2) is 47.4 Å². The molecule has 2 heterocycles. The molecule has 2 aromatic rings. The van der Waals surface area contributed by atoms with E-state index in [4.69, 9.17) is 4.74 Å². The van der Waals surface area contributed by atoms with Gasteiger partial charge in [-0.3, -0.25) is 9.59 Å². The van der Waals surface area contributed by atoms with Gasteiger partial charge in [0.1, 0.15) is 17.7 Å². The predicted molar refractivity (Wildman–Crippen MR) is 105 cm³/mol. The van der Waals surface area contributed by atoms with Crippen LogP contribution in [0, 0.1) is 17.7 Å². The Morgan fingerprint density at radius 2 is 1.86 bits per heavy atom. The third-order valence-corrected chi connectivity index (χ3v) is 6.06. The van der Waals surface area contributed by atoms with Crippen LogP contribution in [0.5, 0.6) is 5.75 Å². The van der Waals surface area contributed by atoms with Crippen molar-refractivity contribution >= 4 is 5.91 Å². The number of halogens is 1. The van der Waals surface area contributed by atoms with Gasteiger partial charge in [0.05, 0.1) is 6.10 Å². The summed E-state index contributed by atoms with van der Waals surface area (Å²) in [5.41, 5.74) is 0.219. The number of aliphatic hydroxyl groups is 1. The number of amides is 1. The van der Waals surface area contributed by atoms with Crippen molar-refractivity contribution in [3.8, 4) is 5.75 Å². The second-order valence-electron chi connectivity index (χ2n) is 7.92. The predicted octanol–water partition coefficient (Wildman–Crippen LogP) is 2.30. The van der Waals surface area contributed by atoms with Crippen molar-refractivity contribution in [3.05, 3.63) is 64.3 Å². The first kappa shape index (κ1) is 19.6. The molecule has 154 valence electrons. The Balaban J connectivity index is 1.43. The topological polar surface area (TPSA) is 71.8 Å². The van der Waals surface area contributed by atoms with Crippen LogP contribution < -0.4 is 10.3 Å². The smallest absolute Gasteiger partial charge is 0.254 e. The highest BCUT2D eigenvalue weighted by molar-refractivity contribution is 5.94. The standard InChI is InChI=1S/C22H25FN2O4/c1-2-24-8-7-14(11-21(24)27)22(28)25-12-15-9-19(26)20(10-16(15)13-25)29-18-5-3-17(23)4-6-18/h3-8,11,15-16,19-20,26H,2,9-10,12-13H2,1H3/t15-,16+,19+,20+/m0/s1. The number of nitrogens with zero attached hydrogens (tertiary/aromatic N) is 2. The van der Waals surface area contributed by atoms with E-state index in [0.29, 0.717) is 43.8 Å². The maximum atomic E-state index is 13.1. The lowest BCUT2D eigenvalue weighted by Gasteiger charge is -2.35. The van der Waals surface area contributed by atoms with Gasteiger partial charge >= 0.3 is 0 Å². The average molecular weight is 400 g/mol. The molecule has 2 aliphatic rings. The van der Waals surface area contributed by atoms with Crippen LogP contribution in [0.2, 0.25) is 0 Å². The van der Waals surface area contributed by atoms with E-state index in [2.05, 4.69) is 0 Å². The van der Waals surface area contributed by atoms with E-state index < -0.39 is 6.10 Å². The molecule has 1 aromatic heterocycles. The number of pyridine rings is 1. The monoisotopic (exact) mass is 400 g/mol. The first-order chi connectivity index (χ1) is 13.9. The van der Waals surface area contributed by atoms with E-state index >= 15 is 0 Å². The molecule has 7 heteroatoms. The first-order valence-corrected chi connectivity index (χ1v) is 10.0. The summed E-state index contributed by atoms with van der Waals surface area (Å²) in [6.45, 7) is 3.59. The zero-order valence-corrected chi connectivity index (χ0v) is 16.3. The Morgan fingerprint density at radius 3 is 2.52 bits per heavy atom. The quantitative estimate of drug-likeness (QED) is 0.855. The minimum atomic E-state index is -0.634. The third kappa shape index (κ3) is 4.05. The number of ether oxygens (including phenoxy) is 1. The van der Waals surface area contributed by atoms with E-state index in [0.717, 1.165) is 0 Å². The van der Waals surface area contributed by atoms with Crippen molar-refractivity contribution < 1.29 is 19.0 Å². The molecule has 29 heavy (non-hydrogen) atoms. The third-order valence-electron chi connectivity index (χ3n) is 6.06. The van der Waals surface area contributed by atoms with Gasteiger partial charge in [0.25, 0.3) is 11.5 Å². The van der Waals surface area contributed by atoms with E-state index in [1.165, 1.54) is 18.2 Å². The highest BCUT2D eigenvalue weighted by Crippen LogP contribution is 2.38. The zero-order valence-electron chi connectivity index (χ0n) is 16.3. The molecule has 4 atom stereocenters. The second-order valence-corrected chi connectivity index (χ2v) is 7.92. The Labute approximate surface area is 168 Å². The minimum absolute atomic E-state index is 0.148. The lowest BCUT2D eigenvalue weighted by molar-refractivity contribution is -0.0231. The number of rotatable bonds is 4. The summed E-state index contributed by atoms with van der Waals surface area (Å²) in [5.74, 6) is 0.474. The number of carbonyl (C=O) groups is 1. The summed E-state index contributed by atoms with van der Waals surface area (Å²) in [4.78, 5) is 26.7. The number of benzene rings is 1. The van der Waals surface area contributed by atoms with Crippen LogP contribution in [0.25, 0.3) is 0 Å². The molecular weight excluding hydrogens is 375 g/mol. The summed E-state index contributed by atoms with van der Waals surface area (Å²) in [5, 5.41) is 10.5. The summed E-state index contributed by atoms with van der Waals surface area (Å²) in [7, 11) is 0. The lowest BCUT2D eigenvalue weighted by atomic mass is 9.78. The average Bonchev–Trinajstić information content (AvgIpc) is 3.12. The molecule has 1 aliphatic heterocycles. The second kappa shape index (κ2) is 7.99. The Bertz CT molecular complexity index is 943. The molecule has 1 saturated heterocycles. The Morgan fingerprint density at radius 1 is 1.17 bits per heavy atom. The Kier molecular flexibility index (Phi) is 5.41. The van der Waals surface area contributed by atoms with Gasteiger partial charge in [-0.1, -0.05) is 0 Å². The first-order valence-electron chi connectivity index (χ1n) is 10.0. The molecule has 0 spiro atoms. The van der Waals surface area contributed by atoms with Gasteiger partial charge in [-0.2, -0.15) is 0 Å². The van der Waals surface area contributed by atoms with Crippen LogP contribution in [0.4, 0.5) is 4.39 Å². The number of fused-ring (bicyclic) bond motifs is 1. The van der Waals surface area contributed by atoms with Gasteiger partial charge in [-0.05, 0) is 61.9 Å². The van der Waals surface area contributed by atoms with E-state index in [9.17, 15) is 19.1 Å². The number of hydrogen-bond donors (Lipinski definition) is 1. The minimum Gasteiger partial charge on any atom is -0.488 e. The number of aryl methyl sites for hydroxylation is 1. The molecule has 1 aliphatic carbocycles. The van der Waals surface area contributed by atoms with Gasteiger partial charge in [-0.25, -0.2) is 4.39 Å². The number of likely N-dealkylation sites (tertiary alicyclic amines) is 1. The maximum Gasteiger partial charge on any atom is 0.254 e. The van der Waals surface area contributed by atoms with Crippen LogP contribution in [-0.4, -0.2) is 45.8 Å². The summed E-state index contributed by atoms with van der Waals surface area (Å²) in [6, 6.07) is 8.84. The lowest BCUT2D eigenvalue weighted by Crippen LogP contribution is -2.42. The number of carbonyl (C=O) groups excluding carboxylic acids is 1. The van der Waals surface area contributed by atoms with Crippen molar-refractivity contribution in [1.29, 1.82) is 0 Å². The summed E-state index contributed by atoms with van der Waals surface area (Å²) in [6.07, 6.45) is 1.81. The maximum absolute atomic E-state index is 13.1. The van der Waals surface area contributed by atoms with Crippen LogP contribution in [0.1, 0.15) is 30.1 Å². The van der Waals surface area contributed by atoms with Gasteiger partial charge < -0.3 is 19.3 Å². The van der Waals surface area contributed by atoms with Gasteiger partial charge in [0, 0.05) is 37.5 Å². The molecule has 1 saturated carbocycles. The zero-order chi connectivity index (χ0) is 20.5. The van der Waals surface area contributed by atoms with Gasteiger partial charge in [0.2, 0.25) is 0 Å². The summed E-state index contributed by atoms with van der Waals surface area (Å²) >= 11 is 0. The van der Waals surface area contributed by atoms with Crippen molar-refractivity contribution in [3.63, 3.8) is 0 Å². The Hall–Kier alpha value is -2.67. The largest absolute Gasteiger partial charge is 0.488 e. The van der Waals surface area contributed by atoms with E-state index in [1.54, 1.807) is 33.9 Å². The van der Waals surface area contributed by atoms with E-state index in [1.807, 2.05) is 6.92 Å². The van der Waals surface area contributed by atoms with Crippen molar-refractivity contribution in [2.75, 3.05) is 13.1 Å². The fourth-order valence-electron chi connectivity index (χ4n) is 4.46.